The second-order valence-corrected chi connectivity index (χ2v) is 5.66. The third-order valence-corrected chi connectivity index (χ3v) is 3.94. The first-order valence-electron chi connectivity index (χ1n) is 5.73. The van der Waals surface area contributed by atoms with Crippen molar-refractivity contribution in [3.63, 3.8) is 0 Å². The van der Waals surface area contributed by atoms with E-state index >= 15 is 0 Å². The number of aromatic nitrogens is 1. The van der Waals surface area contributed by atoms with Gasteiger partial charge in [-0.2, -0.15) is 0 Å². The number of aliphatic carboxylic acids is 1. The number of hydrogen-bond donors (Lipinski definition) is 1. The minimum Gasteiger partial charge on any atom is -0.549 e. The van der Waals surface area contributed by atoms with Gasteiger partial charge in [0, 0.05) is 16.7 Å². The number of thiazole rings is 1. The molecule has 7 heteroatoms. The minimum atomic E-state index is -1.18. The molecule has 2 rings (SSSR count). The Hall–Kier alpha value is -1.86. The van der Waals surface area contributed by atoms with Gasteiger partial charge in [-0.25, -0.2) is 4.98 Å². The molecule has 1 aromatic heterocycles. The van der Waals surface area contributed by atoms with Gasteiger partial charge in [0.15, 0.2) is 5.13 Å². The van der Waals surface area contributed by atoms with Crippen LogP contribution in [0.4, 0.5) is 5.13 Å². The van der Waals surface area contributed by atoms with Crippen LogP contribution in [0, 0.1) is 0 Å². The predicted octanol–water partition coefficient (Wildman–Crippen LogP) is 1.23. The summed E-state index contributed by atoms with van der Waals surface area (Å²) in [5, 5.41) is 15.2. The topological polar surface area (TPSA) is 82.1 Å². The highest BCUT2D eigenvalue weighted by molar-refractivity contribution is 8.00. The Morgan fingerprint density at radius 2 is 2.00 bits per heavy atom. The van der Waals surface area contributed by atoms with E-state index in [1.54, 1.807) is 0 Å². The zero-order valence-corrected chi connectivity index (χ0v) is 12.0. The molecular weight excluding hydrogens is 296 g/mol. The summed E-state index contributed by atoms with van der Waals surface area (Å²) in [6.45, 7) is 0. The summed E-state index contributed by atoms with van der Waals surface area (Å²) in [6, 6.07) is 9.65. The average Bonchev–Trinajstić information content (AvgIpc) is 2.88. The molecule has 2 aromatic rings. The number of carboxylic acids is 1. The number of hydrogen-bond acceptors (Lipinski definition) is 6. The number of benzene rings is 1. The molecule has 0 aliphatic rings. The smallest absolute Gasteiger partial charge is 0.236 e. The Kier molecular flexibility index (Phi) is 5.14. The Labute approximate surface area is 124 Å². The first kappa shape index (κ1) is 14.5. The summed E-state index contributed by atoms with van der Waals surface area (Å²) in [5.74, 6) is -1.58. The van der Waals surface area contributed by atoms with Crippen LogP contribution in [-0.4, -0.2) is 28.4 Å². The third kappa shape index (κ3) is 4.36. The fourth-order valence-corrected chi connectivity index (χ4v) is 2.72. The molecular formula is C13H11N2O3S2-. The highest BCUT2D eigenvalue weighted by Crippen LogP contribution is 2.24. The molecule has 0 spiro atoms. The van der Waals surface area contributed by atoms with Gasteiger partial charge >= 0.3 is 0 Å². The van der Waals surface area contributed by atoms with Crippen LogP contribution in [-0.2, 0) is 9.59 Å². The molecule has 0 saturated carbocycles. The van der Waals surface area contributed by atoms with E-state index in [0.717, 1.165) is 23.0 Å². The Morgan fingerprint density at radius 1 is 1.25 bits per heavy atom. The number of thioether (sulfide) groups is 1. The summed E-state index contributed by atoms with van der Waals surface area (Å²) in [5.41, 5.74) is 1.78. The number of anilines is 1. The average molecular weight is 307 g/mol. The van der Waals surface area contributed by atoms with Crippen LogP contribution < -0.4 is 10.4 Å². The molecule has 0 atom stereocenters. The molecule has 0 bridgehead atoms. The summed E-state index contributed by atoms with van der Waals surface area (Å²) in [6.07, 6.45) is 0. The largest absolute Gasteiger partial charge is 0.549 e. The van der Waals surface area contributed by atoms with Crippen LogP contribution in [0.2, 0.25) is 0 Å². The zero-order valence-electron chi connectivity index (χ0n) is 10.4. The van der Waals surface area contributed by atoms with Crippen LogP contribution in [0.25, 0.3) is 11.3 Å². The number of amides is 1. The number of carbonyl (C=O) groups is 2. The van der Waals surface area contributed by atoms with E-state index in [9.17, 15) is 14.7 Å². The van der Waals surface area contributed by atoms with Crippen molar-refractivity contribution in [2.24, 2.45) is 0 Å². The molecule has 1 heterocycles. The predicted molar refractivity (Wildman–Crippen MR) is 78.5 cm³/mol. The molecule has 0 aliphatic heterocycles. The summed E-state index contributed by atoms with van der Waals surface area (Å²) in [7, 11) is 0. The number of nitrogens with one attached hydrogen (secondary N) is 1. The summed E-state index contributed by atoms with van der Waals surface area (Å²) < 4.78 is 0. The maximum absolute atomic E-state index is 11.6. The lowest BCUT2D eigenvalue weighted by Crippen LogP contribution is -2.25. The molecule has 0 aliphatic carbocycles. The molecule has 0 unspecified atom stereocenters. The monoisotopic (exact) mass is 307 g/mol. The van der Waals surface area contributed by atoms with Crippen molar-refractivity contribution in [1.29, 1.82) is 0 Å². The maximum atomic E-state index is 11.6. The van der Waals surface area contributed by atoms with Gasteiger partial charge < -0.3 is 15.2 Å². The second kappa shape index (κ2) is 7.06. The minimum absolute atomic E-state index is 0.0637. The van der Waals surface area contributed by atoms with E-state index in [1.807, 2.05) is 35.7 Å². The molecule has 1 amide bonds. The lowest BCUT2D eigenvalue weighted by atomic mass is 10.2. The van der Waals surface area contributed by atoms with Gasteiger partial charge in [-0.3, -0.25) is 4.79 Å². The molecule has 0 fully saturated rings. The first-order chi connectivity index (χ1) is 9.65. The van der Waals surface area contributed by atoms with Crippen LogP contribution >= 0.6 is 23.1 Å². The molecule has 104 valence electrons. The Bertz CT molecular complexity index is 599. The van der Waals surface area contributed by atoms with Crippen LogP contribution in [0.3, 0.4) is 0 Å². The maximum Gasteiger partial charge on any atom is 0.236 e. The van der Waals surface area contributed by atoms with E-state index < -0.39 is 5.97 Å². The molecule has 5 nitrogen and oxygen atoms in total. The van der Waals surface area contributed by atoms with Gasteiger partial charge in [-0.1, -0.05) is 30.3 Å². The van der Waals surface area contributed by atoms with E-state index in [-0.39, 0.29) is 17.4 Å². The molecule has 20 heavy (non-hydrogen) atoms. The normalized spacial score (nSPS) is 10.2. The summed E-state index contributed by atoms with van der Waals surface area (Å²) in [4.78, 5) is 26.1. The van der Waals surface area contributed by atoms with Crippen LogP contribution in [0.5, 0.6) is 0 Å². The molecule has 0 radical (unpaired) electrons. The fourth-order valence-electron chi connectivity index (χ4n) is 1.46. The third-order valence-electron chi connectivity index (χ3n) is 2.27. The lowest BCUT2D eigenvalue weighted by molar-refractivity contribution is -0.301. The van der Waals surface area contributed by atoms with Crippen molar-refractivity contribution in [1.82, 2.24) is 4.98 Å². The molecule has 1 aromatic carbocycles. The number of carboxylic acid groups (broad SMARTS) is 1. The van der Waals surface area contributed by atoms with Crippen molar-refractivity contribution in [2.45, 2.75) is 0 Å². The van der Waals surface area contributed by atoms with E-state index in [1.165, 1.54) is 11.3 Å². The van der Waals surface area contributed by atoms with Gasteiger partial charge in [0.05, 0.1) is 17.4 Å². The highest BCUT2D eigenvalue weighted by atomic mass is 32.2. The van der Waals surface area contributed by atoms with Crippen molar-refractivity contribution in [3.8, 4) is 11.3 Å². The van der Waals surface area contributed by atoms with Crippen molar-refractivity contribution in [3.05, 3.63) is 35.7 Å². The van der Waals surface area contributed by atoms with Gasteiger partial charge in [-0.15, -0.1) is 23.1 Å². The first-order valence-corrected chi connectivity index (χ1v) is 7.77. The number of nitrogens with zero attached hydrogens (tertiary/aromatic N) is 1. The van der Waals surface area contributed by atoms with Gasteiger partial charge in [0.1, 0.15) is 0 Å². The second-order valence-electron chi connectivity index (χ2n) is 3.82. The Morgan fingerprint density at radius 3 is 2.70 bits per heavy atom. The highest BCUT2D eigenvalue weighted by Gasteiger charge is 2.07. The molecule has 1 N–H and O–H groups in total. The van der Waals surface area contributed by atoms with Crippen LogP contribution in [0.15, 0.2) is 35.7 Å². The lowest BCUT2D eigenvalue weighted by Gasteiger charge is -2.02. The van der Waals surface area contributed by atoms with Crippen molar-refractivity contribution >= 4 is 40.1 Å². The van der Waals surface area contributed by atoms with E-state index in [0.29, 0.717) is 5.13 Å². The SMILES string of the molecule is O=C([O-])CSCC(=O)Nc1nc(-c2ccccc2)cs1. The number of carbonyl (C=O) groups excluding carboxylic acids is 2. The fraction of sp³-hybridized carbons (Fsp3) is 0.154. The van der Waals surface area contributed by atoms with Crippen LogP contribution in [0.1, 0.15) is 0 Å². The van der Waals surface area contributed by atoms with Gasteiger partial charge in [0.25, 0.3) is 0 Å². The van der Waals surface area contributed by atoms with Gasteiger partial charge in [0.2, 0.25) is 5.91 Å². The summed E-state index contributed by atoms with van der Waals surface area (Å²) >= 11 is 2.33. The quantitative estimate of drug-likeness (QED) is 0.868. The number of rotatable bonds is 6. The van der Waals surface area contributed by atoms with Crippen molar-refractivity contribution < 1.29 is 14.7 Å². The zero-order chi connectivity index (χ0) is 14.4. The van der Waals surface area contributed by atoms with Crippen molar-refractivity contribution in [2.75, 3.05) is 16.8 Å². The van der Waals surface area contributed by atoms with E-state index in [4.69, 9.17) is 0 Å². The van der Waals surface area contributed by atoms with E-state index in [2.05, 4.69) is 10.3 Å². The Balaban J connectivity index is 1.90. The van der Waals surface area contributed by atoms with Gasteiger partial charge in [-0.05, 0) is 0 Å². The molecule has 0 saturated heterocycles. The standard InChI is InChI=1S/C13H12N2O3S2/c16-11(7-19-8-12(17)18)15-13-14-10(6-20-13)9-4-2-1-3-5-9/h1-6H,7-8H2,(H,17,18)(H,14,15,16)/p-1.